The molecule has 0 bridgehead atoms. The molecule has 3 aliphatic rings. The van der Waals surface area contributed by atoms with E-state index in [4.69, 9.17) is 10.5 Å². The summed E-state index contributed by atoms with van der Waals surface area (Å²) in [4.78, 5) is 69.8. The average molecular weight is 726 g/mol. The van der Waals surface area contributed by atoms with Gasteiger partial charge in [0, 0.05) is 31.8 Å². The maximum atomic E-state index is 14.3. The Morgan fingerprint density at radius 1 is 0.830 bits per heavy atom. The number of likely N-dealkylation sites (tertiary alicyclic amines) is 2. The molecule has 4 amide bonds. The highest BCUT2D eigenvalue weighted by molar-refractivity contribution is 5.95. The van der Waals surface area contributed by atoms with E-state index in [0.29, 0.717) is 32.2 Å². The standard InChI is InChI=1S/C40H47N5O8/c41-19-9-8-17-32(39(50)51)42-36(47)35-22-26(46)23-45(35)38(49)34-18-10-20-44(34)37(48)33(21-25-11-2-1-3-12-25)43-40(52)53-24-31-29-15-6-4-13-27(29)28-14-5-7-16-30(28)31/h1-7,11-16,26,31-35,46H,8-10,17-24,41H2,(H,42,47)(H,43,52)(H,50,51)/t26?,32-,33-,34-,35?/m0/s1. The molecule has 1 aliphatic carbocycles. The maximum absolute atomic E-state index is 14.3. The summed E-state index contributed by atoms with van der Waals surface area (Å²) in [6.45, 7) is 0.572. The highest BCUT2D eigenvalue weighted by Gasteiger charge is 2.46. The zero-order valence-corrected chi connectivity index (χ0v) is 29.6. The normalized spacial score (nSPS) is 20.3. The number of carboxylic acid groups (broad SMARTS) is 1. The van der Waals surface area contributed by atoms with E-state index < -0.39 is 60.1 Å². The van der Waals surface area contributed by atoms with Crippen LogP contribution in [-0.2, 0) is 30.3 Å². The first-order valence-electron chi connectivity index (χ1n) is 18.3. The second-order valence-corrected chi connectivity index (χ2v) is 14.0. The van der Waals surface area contributed by atoms with Gasteiger partial charge < -0.3 is 41.1 Å². The van der Waals surface area contributed by atoms with Crippen molar-refractivity contribution in [2.75, 3.05) is 26.2 Å². The van der Waals surface area contributed by atoms with Gasteiger partial charge in [0.1, 0.15) is 30.8 Å². The van der Waals surface area contributed by atoms with Gasteiger partial charge in [-0.3, -0.25) is 14.4 Å². The lowest BCUT2D eigenvalue weighted by molar-refractivity contribution is -0.148. The molecule has 0 saturated carbocycles. The zero-order valence-electron chi connectivity index (χ0n) is 29.6. The smallest absolute Gasteiger partial charge is 0.407 e. The van der Waals surface area contributed by atoms with Crippen molar-refractivity contribution in [1.29, 1.82) is 0 Å². The number of alkyl carbamates (subject to hydrolysis) is 1. The van der Waals surface area contributed by atoms with Crippen molar-refractivity contribution < 1.29 is 38.9 Å². The summed E-state index contributed by atoms with van der Waals surface area (Å²) < 4.78 is 5.79. The van der Waals surface area contributed by atoms with Crippen LogP contribution in [0, 0.1) is 0 Å². The van der Waals surface area contributed by atoms with E-state index in [1.54, 1.807) is 0 Å². The molecule has 2 saturated heterocycles. The van der Waals surface area contributed by atoms with Crippen LogP contribution < -0.4 is 16.4 Å². The number of nitrogens with two attached hydrogens (primary N) is 1. The van der Waals surface area contributed by atoms with Crippen LogP contribution in [0.2, 0.25) is 0 Å². The predicted molar refractivity (Wildman–Crippen MR) is 195 cm³/mol. The molecule has 3 aromatic rings. The van der Waals surface area contributed by atoms with Crippen molar-refractivity contribution in [1.82, 2.24) is 20.4 Å². The number of aliphatic hydroxyl groups excluding tert-OH is 1. The summed E-state index contributed by atoms with van der Waals surface area (Å²) in [5, 5.41) is 25.6. The number of carbonyl (C=O) groups excluding carboxylic acids is 4. The number of rotatable bonds is 14. The number of aliphatic hydroxyl groups is 1. The number of carboxylic acids is 1. The summed E-state index contributed by atoms with van der Waals surface area (Å²) in [7, 11) is 0. The zero-order chi connectivity index (χ0) is 37.5. The fourth-order valence-corrected chi connectivity index (χ4v) is 7.84. The van der Waals surface area contributed by atoms with E-state index in [0.717, 1.165) is 27.8 Å². The van der Waals surface area contributed by atoms with Gasteiger partial charge in [-0.1, -0.05) is 78.9 Å². The van der Waals surface area contributed by atoms with E-state index in [1.807, 2.05) is 78.9 Å². The molecule has 2 fully saturated rings. The van der Waals surface area contributed by atoms with Gasteiger partial charge in [-0.25, -0.2) is 9.59 Å². The molecule has 2 heterocycles. The van der Waals surface area contributed by atoms with E-state index >= 15 is 0 Å². The van der Waals surface area contributed by atoms with E-state index in [-0.39, 0.29) is 44.9 Å². The lowest BCUT2D eigenvalue weighted by Gasteiger charge is -2.33. The minimum Gasteiger partial charge on any atom is -0.480 e. The molecule has 0 aromatic heterocycles. The Bertz CT molecular complexity index is 1760. The molecule has 0 spiro atoms. The SMILES string of the molecule is NCCCC[C@H](NC(=O)C1CC(O)CN1C(=O)[C@@H]1CCCN1C(=O)[C@H](Cc1ccccc1)NC(=O)OCC1c2ccccc2-c2ccccc21)C(=O)O. The second-order valence-electron chi connectivity index (χ2n) is 14.0. The van der Waals surface area contributed by atoms with Crippen LogP contribution in [0.5, 0.6) is 0 Å². The number of β-amino-alcohol motifs (C(OH)–C–C–N with tert-alkyl or cyclic N) is 1. The molecule has 6 rings (SSSR count). The molecular weight excluding hydrogens is 678 g/mol. The van der Waals surface area contributed by atoms with Crippen LogP contribution in [0.4, 0.5) is 4.79 Å². The first-order valence-corrected chi connectivity index (χ1v) is 18.3. The van der Waals surface area contributed by atoms with Crippen LogP contribution in [-0.4, -0.2) is 106 Å². The second kappa shape index (κ2) is 17.0. The molecule has 0 radical (unpaired) electrons. The number of nitrogens with one attached hydrogen (secondary N) is 2. The minimum absolute atomic E-state index is 0.0622. The number of unbranched alkanes of at least 4 members (excludes halogenated alkanes) is 1. The quantitative estimate of drug-likeness (QED) is 0.156. The van der Waals surface area contributed by atoms with Crippen molar-refractivity contribution in [3.8, 4) is 11.1 Å². The first kappa shape index (κ1) is 37.5. The van der Waals surface area contributed by atoms with Gasteiger partial charge in [0.25, 0.3) is 0 Å². The van der Waals surface area contributed by atoms with E-state index in [9.17, 15) is 34.2 Å². The molecule has 2 aliphatic heterocycles. The number of hydrogen-bond donors (Lipinski definition) is 5. The summed E-state index contributed by atoms with van der Waals surface area (Å²) >= 11 is 0. The first-order chi connectivity index (χ1) is 25.7. The highest BCUT2D eigenvalue weighted by atomic mass is 16.5. The third-order valence-electron chi connectivity index (χ3n) is 10.5. The average Bonchev–Trinajstić information content (AvgIpc) is 3.89. The van der Waals surface area contributed by atoms with Gasteiger partial charge in [0.05, 0.1) is 6.10 Å². The number of aliphatic carboxylic acids is 1. The summed E-state index contributed by atoms with van der Waals surface area (Å²) in [5.41, 5.74) is 10.6. The molecule has 13 nitrogen and oxygen atoms in total. The maximum Gasteiger partial charge on any atom is 0.407 e. The predicted octanol–water partition coefficient (Wildman–Crippen LogP) is 2.79. The van der Waals surface area contributed by atoms with Crippen molar-refractivity contribution in [2.45, 2.75) is 81.1 Å². The van der Waals surface area contributed by atoms with Crippen LogP contribution >= 0.6 is 0 Å². The third-order valence-corrected chi connectivity index (χ3v) is 10.5. The summed E-state index contributed by atoms with van der Waals surface area (Å²) in [6, 6.07) is 20.9. The minimum atomic E-state index is -1.20. The van der Waals surface area contributed by atoms with Gasteiger partial charge in [0.15, 0.2) is 0 Å². The van der Waals surface area contributed by atoms with Crippen molar-refractivity contribution in [3.05, 3.63) is 95.6 Å². The highest BCUT2D eigenvalue weighted by Crippen LogP contribution is 2.44. The van der Waals surface area contributed by atoms with Crippen molar-refractivity contribution in [2.24, 2.45) is 5.73 Å². The van der Waals surface area contributed by atoms with E-state index in [2.05, 4.69) is 10.6 Å². The number of carbonyl (C=O) groups is 5. The Morgan fingerprint density at radius 2 is 1.49 bits per heavy atom. The number of ether oxygens (including phenoxy) is 1. The molecule has 6 N–H and O–H groups in total. The fraction of sp³-hybridized carbons (Fsp3) is 0.425. The lowest BCUT2D eigenvalue weighted by Crippen LogP contribution is -2.57. The van der Waals surface area contributed by atoms with Crippen LogP contribution in [0.15, 0.2) is 78.9 Å². The molecule has 2 unspecified atom stereocenters. The number of fused-ring (bicyclic) bond motifs is 3. The molecule has 3 aromatic carbocycles. The summed E-state index contributed by atoms with van der Waals surface area (Å²) in [5.74, 6) is -3.03. The van der Waals surface area contributed by atoms with Crippen LogP contribution in [0.3, 0.4) is 0 Å². The van der Waals surface area contributed by atoms with Gasteiger partial charge in [0.2, 0.25) is 17.7 Å². The Kier molecular flexibility index (Phi) is 12.1. The molecule has 53 heavy (non-hydrogen) atoms. The lowest BCUT2D eigenvalue weighted by atomic mass is 9.98. The molecular formula is C40H47N5O8. The molecule has 13 heteroatoms. The number of hydrogen-bond acceptors (Lipinski definition) is 8. The number of amides is 4. The Hall–Kier alpha value is -5.27. The Morgan fingerprint density at radius 3 is 2.15 bits per heavy atom. The Labute approximate surface area is 308 Å². The molecule has 5 atom stereocenters. The van der Waals surface area contributed by atoms with Crippen molar-refractivity contribution in [3.63, 3.8) is 0 Å². The van der Waals surface area contributed by atoms with E-state index in [1.165, 1.54) is 9.80 Å². The largest absolute Gasteiger partial charge is 0.480 e. The Balaban J connectivity index is 1.15. The molecule has 280 valence electrons. The summed E-state index contributed by atoms with van der Waals surface area (Å²) in [6.07, 6.45) is 0.431. The van der Waals surface area contributed by atoms with Gasteiger partial charge in [-0.05, 0) is 66.5 Å². The topological polar surface area (TPSA) is 192 Å². The van der Waals surface area contributed by atoms with Gasteiger partial charge in [-0.15, -0.1) is 0 Å². The number of nitrogens with zero attached hydrogens (tertiary/aromatic N) is 2. The van der Waals surface area contributed by atoms with Crippen LogP contribution in [0.1, 0.15) is 61.1 Å². The fourth-order valence-electron chi connectivity index (χ4n) is 7.84. The third kappa shape index (κ3) is 8.52. The van der Waals surface area contributed by atoms with Gasteiger partial charge >= 0.3 is 12.1 Å². The monoisotopic (exact) mass is 725 g/mol. The van der Waals surface area contributed by atoms with Crippen molar-refractivity contribution >= 4 is 29.8 Å². The number of benzene rings is 3. The van der Waals surface area contributed by atoms with Gasteiger partial charge in [-0.2, -0.15) is 0 Å². The van der Waals surface area contributed by atoms with Crippen LogP contribution in [0.25, 0.3) is 11.1 Å².